The highest BCUT2D eigenvalue weighted by Crippen LogP contribution is 2.40. The highest BCUT2D eigenvalue weighted by atomic mass is 16.5. The number of carbonyl (C=O) groups excluding carboxylic acids is 1. The molecule has 0 spiro atoms. The van der Waals surface area contributed by atoms with Crippen LogP contribution in [0, 0.1) is 6.92 Å². The van der Waals surface area contributed by atoms with Crippen LogP contribution in [0.1, 0.15) is 26.3 Å². The zero-order valence-corrected chi connectivity index (χ0v) is 18.4. The van der Waals surface area contributed by atoms with Gasteiger partial charge in [-0.15, -0.1) is 5.11 Å². The van der Waals surface area contributed by atoms with Crippen LogP contribution in [-0.4, -0.2) is 29.2 Å². The van der Waals surface area contributed by atoms with Crippen molar-refractivity contribution in [1.29, 1.82) is 0 Å². The highest BCUT2D eigenvalue weighted by Gasteiger charge is 2.18. The van der Waals surface area contributed by atoms with Crippen LogP contribution in [-0.2, 0) is 0 Å². The van der Waals surface area contributed by atoms with Crippen molar-refractivity contribution in [3.05, 3.63) is 89.5 Å². The number of benzene rings is 4. The first-order valence-corrected chi connectivity index (χ1v) is 10.3. The van der Waals surface area contributed by atoms with E-state index in [-0.39, 0.29) is 17.2 Å². The predicted molar refractivity (Wildman–Crippen MR) is 129 cm³/mol. The molecule has 0 aliphatic heterocycles. The Bertz CT molecular complexity index is 1430. The standard InChI is InChI=1S/C26H21N3O5/c1-15-12-18(14-21(34-2)22(15)27-25(31)16-8-4-3-5-9-16)28-29-23-19-11-7-6-10-17(19)13-20(24(23)30)26(32)33/h3-14,30H,1-2H3,(H,27,31)(H,32,33). The first-order valence-electron chi connectivity index (χ1n) is 10.3. The monoisotopic (exact) mass is 455 g/mol. The maximum Gasteiger partial charge on any atom is 0.339 e. The third-order valence-electron chi connectivity index (χ3n) is 5.27. The van der Waals surface area contributed by atoms with Gasteiger partial charge in [-0.3, -0.25) is 4.79 Å². The van der Waals surface area contributed by atoms with Crippen LogP contribution in [0.25, 0.3) is 10.8 Å². The molecule has 0 bridgehead atoms. The van der Waals surface area contributed by atoms with Gasteiger partial charge in [0.2, 0.25) is 0 Å². The van der Waals surface area contributed by atoms with Crippen molar-refractivity contribution in [3.8, 4) is 11.5 Å². The number of carbonyl (C=O) groups is 2. The van der Waals surface area contributed by atoms with Crippen LogP contribution in [0.3, 0.4) is 0 Å². The highest BCUT2D eigenvalue weighted by molar-refractivity contribution is 6.06. The molecule has 3 N–H and O–H groups in total. The second-order valence-electron chi connectivity index (χ2n) is 7.51. The van der Waals surface area contributed by atoms with E-state index in [2.05, 4.69) is 15.5 Å². The number of azo groups is 1. The summed E-state index contributed by atoms with van der Waals surface area (Å²) in [6.07, 6.45) is 0. The number of aryl methyl sites for hydroxylation is 1. The number of fused-ring (bicyclic) bond motifs is 1. The summed E-state index contributed by atoms with van der Waals surface area (Å²) in [7, 11) is 1.48. The van der Waals surface area contributed by atoms with Gasteiger partial charge in [-0.05, 0) is 42.1 Å². The Kier molecular flexibility index (Phi) is 6.22. The number of carboxylic acid groups (broad SMARTS) is 1. The zero-order chi connectivity index (χ0) is 24.2. The van der Waals surface area contributed by atoms with E-state index in [4.69, 9.17) is 4.74 Å². The van der Waals surface area contributed by atoms with Gasteiger partial charge in [0.15, 0.2) is 5.75 Å². The van der Waals surface area contributed by atoms with E-state index in [0.29, 0.717) is 39.0 Å². The molecule has 4 aromatic rings. The molecule has 170 valence electrons. The number of nitrogens with one attached hydrogen (secondary N) is 1. The lowest BCUT2D eigenvalue weighted by Gasteiger charge is -2.14. The van der Waals surface area contributed by atoms with Crippen LogP contribution < -0.4 is 10.1 Å². The summed E-state index contributed by atoms with van der Waals surface area (Å²) >= 11 is 0. The van der Waals surface area contributed by atoms with Crippen molar-refractivity contribution in [2.75, 3.05) is 12.4 Å². The molecule has 8 heteroatoms. The molecule has 34 heavy (non-hydrogen) atoms. The number of methoxy groups -OCH3 is 1. The Morgan fingerprint density at radius 3 is 2.35 bits per heavy atom. The summed E-state index contributed by atoms with van der Waals surface area (Å²) in [4.78, 5) is 24.2. The Morgan fingerprint density at radius 2 is 1.65 bits per heavy atom. The molecule has 4 aromatic carbocycles. The van der Waals surface area contributed by atoms with E-state index in [0.717, 1.165) is 0 Å². The molecule has 0 saturated carbocycles. The smallest absolute Gasteiger partial charge is 0.339 e. The molecule has 0 aliphatic rings. The Hall–Kier alpha value is -4.72. The number of hydrogen-bond donors (Lipinski definition) is 3. The van der Waals surface area contributed by atoms with Gasteiger partial charge in [-0.25, -0.2) is 4.79 Å². The van der Waals surface area contributed by atoms with E-state index >= 15 is 0 Å². The quantitative estimate of drug-likeness (QED) is 0.298. The number of anilines is 1. The predicted octanol–water partition coefficient (Wildman–Crippen LogP) is 6.23. The van der Waals surface area contributed by atoms with Gasteiger partial charge < -0.3 is 20.3 Å². The molecule has 0 aliphatic carbocycles. The summed E-state index contributed by atoms with van der Waals surface area (Å²) in [5.41, 5.74) is 1.88. The van der Waals surface area contributed by atoms with E-state index in [1.807, 2.05) is 6.07 Å². The van der Waals surface area contributed by atoms with Gasteiger partial charge in [-0.1, -0.05) is 42.5 Å². The first-order chi connectivity index (χ1) is 16.4. The van der Waals surface area contributed by atoms with Crippen LogP contribution in [0.2, 0.25) is 0 Å². The number of aromatic carboxylic acids is 1. The third-order valence-corrected chi connectivity index (χ3v) is 5.27. The van der Waals surface area contributed by atoms with Crippen molar-refractivity contribution in [3.63, 3.8) is 0 Å². The molecule has 0 fully saturated rings. The molecule has 0 atom stereocenters. The largest absolute Gasteiger partial charge is 0.505 e. The number of phenols is 1. The van der Waals surface area contributed by atoms with Crippen LogP contribution in [0.15, 0.2) is 83.0 Å². The maximum atomic E-state index is 12.6. The van der Waals surface area contributed by atoms with Gasteiger partial charge in [0.1, 0.15) is 17.0 Å². The summed E-state index contributed by atoms with van der Waals surface area (Å²) in [6.45, 7) is 1.79. The minimum absolute atomic E-state index is 0.0496. The summed E-state index contributed by atoms with van der Waals surface area (Å²) in [5.74, 6) is -1.63. The molecular formula is C26H21N3O5. The molecule has 0 saturated heterocycles. The van der Waals surface area contributed by atoms with E-state index < -0.39 is 11.7 Å². The topological polar surface area (TPSA) is 121 Å². The number of carboxylic acids is 1. The Balaban J connectivity index is 1.72. The lowest BCUT2D eigenvalue weighted by atomic mass is 10.0. The number of ether oxygens (including phenoxy) is 1. The molecule has 0 radical (unpaired) electrons. The first kappa shape index (κ1) is 22.5. The molecule has 1 amide bonds. The molecule has 0 heterocycles. The van der Waals surface area contributed by atoms with Gasteiger partial charge in [0.05, 0.1) is 18.5 Å². The van der Waals surface area contributed by atoms with E-state index in [1.165, 1.54) is 13.2 Å². The minimum Gasteiger partial charge on any atom is -0.505 e. The lowest BCUT2D eigenvalue weighted by Crippen LogP contribution is -2.13. The van der Waals surface area contributed by atoms with Crippen molar-refractivity contribution in [2.24, 2.45) is 10.2 Å². The fourth-order valence-electron chi connectivity index (χ4n) is 3.58. The Morgan fingerprint density at radius 1 is 0.941 bits per heavy atom. The fourth-order valence-corrected chi connectivity index (χ4v) is 3.58. The second-order valence-corrected chi connectivity index (χ2v) is 7.51. The third kappa shape index (κ3) is 4.42. The normalized spacial score (nSPS) is 11.0. The molecule has 0 aromatic heterocycles. The summed E-state index contributed by atoms with van der Waals surface area (Å²) < 4.78 is 5.46. The van der Waals surface area contributed by atoms with Gasteiger partial charge in [0.25, 0.3) is 5.91 Å². The average molecular weight is 455 g/mol. The Labute approximate surface area is 195 Å². The number of rotatable bonds is 6. The van der Waals surface area contributed by atoms with Crippen LogP contribution >= 0.6 is 0 Å². The van der Waals surface area contributed by atoms with Crippen molar-refractivity contribution >= 4 is 39.7 Å². The van der Waals surface area contributed by atoms with Gasteiger partial charge in [0, 0.05) is 17.0 Å². The molecule has 8 nitrogen and oxygen atoms in total. The van der Waals surface area contributed by atoms with Crippen molar-refractivity contribution < 1.29 is 24.5 Å². The zero-order valence-electron chi connectivity index (χ0n) is 18.4. The van der Waals surface area contributed by atoms with E-state index in [1.54, 1.807) is 67.6 Å². The van der Waals surface area contributed by atoms with Crippen molar-refractivity contribution in [1.82, 2.24) is 0 Å². The second kappa shape index (κ2) is 9.41. The number of aromatic hydroxyl groups is 1. The maximum absolute atomic E-state index is 12.6. The summed E-state index contributed by atoms with van der Waals surface area (Å²) in [6, 6.07) is 20.5. The van der Waals surface area contributed by atoms with Gasteiger partial charge in [-0.2, -0.15) is 5.11 Å². The average Bonchev–Trinajstić information content (AvgIpc) is 2.84. The molecular weight excluding hydrogens is 434 g/mol. The summed E-state index contributed by atoms with van der Waals surface area (Å²) in [5, 5.41) is 32.4. The molecule has 0 unspecified atom stereocenters. The minimum atomic E-state index is -1.27. The van der Waals surface area contributed by atoms with E-state index in [9.17, 15) is 19.8 Å². The SMILES string of the molecule is COc1cc(N=Nc2c(O)c(C(=O)O)cc3ccccc23)cc(C)c1NC(=O)c1ccccc1. The van der Waals surface area contributed by atoms with Gasteiger partial charge >= 0.3 is 5.97 Å². The fraction of sp³-hybridized carbons (Fsp3) is 0.0769. The van der Waals surface area contributed by atoms with Crippen LogP contribution in [0.4, 0.5) is 17.1 Å². The number of amides is 1. The molecule has 4 rings (SSSR count). The van der Waals surface area contributed by atoms with Crippen molar-refractivity contribution in [2.45, 2.75) is 6.92 Å². The van der Waals surface area contributed by atoms with Crippen LogP contribution in [0.5, 0.6) is 11.5 Å². The number of nitrogens with zero attached hydrogens (tertiary/aromatic N) is 2. The lowest BCUT2D eigenvalue weighted by molar-refractivity contribution is 0.0693. The number of hydrogen-bond acceptors (Lipinski definition) is 6.